The Morgan fingerprint density at radius 2 is 1.76 bits per heavy atom. The lowest BCUT2D eigenvalue weighted by Gasteiger charge is -2.32. The molecule has 1 atom stereocenters. The van der Waals surface area contributed by atoms with Gasteiger partial charge in [-0.3, -0.25) is 13.9 Å². The van der Waals surface area contributed by atoms with Gasteiger partial charge in [0.1, 0.15) is 12.6 Å². The van der Waals surface area contributed by atoms with E-state index in [0.29, 0.717) is 27.8 Å². The highest BCUT2D eigenvalue weighted by Gasteiger charge is 2.31. The summed E-state index contributed by atoms with van der Waals surface area (Å²) < 4.78 is 27.1. The summed E-state index contributed by atoms with van der Waals surface area (Å²) in [7, 11) is -3.81. The second-order valence-corrected chi connectivity index (χ2v) is 11.5. The van der Waals surface area contributed by atoms with Crippen LogP contribution in [0.15, 0.2) is 40.9 Å². The first-order valence-corrected chi connectivity index (χ1v) is 14.0. The molecular weight excluding hydrogens is 565 g/mol. The number of sulfonamides is 1. The number of carbonyl (C=O) groups excluding carboxylic acids is 2. The van der Waals surface area contributed by atoms with Crippen LogP contribution < -0.4 is 9.62 Å². The van der Waals surface area contributed by atoms with Crippen LogP contribution in [-0.2, 0) is 26.2 Å². The number of nitrogens with zero attached hydrogens (tertiary/aromatic N) is 2. The van der Waals surface area contributed by atoms with E-state index in [0.717, 1.165) is 27.0 Å². The minimum Gasteiger partial charge on any atom is -0.354 e. The van der Waals surface area contributed by atoms with Crippen LogP contribution in [0, 0.1) is 6.92 Å². The summed E-state index contributed by atoms with van der Waals surface area (Å²) in [5, 5.41) is 3.46. The Labute approximate surface area is 219 Å². The van der Waals surface area contributed by atoms with Gasteiger partial charge >= 0.3 is 0 Å². The van der Waals surface area contributed by atoms with Gasteiger partial charge < -0.3 is 10.2 Å². The fourth-order valence-electron chi connectivity index (χ4n) is 3.23. The molecule has 2 aromatic rings. The van der Waals surface area contributed by atoms with Crippen molar-refractivity contribution in [2.45, 2.75) is 39.8 Å². The molecule has 0 fully saturated rings. The largest absolute Gasteiger partial charge is 0.354 e. The van der Waals surface area contributed by atoms with Gasteiger partial charge in [-0.15, -0.1) is 0 Å². The zero-order valence-corrected chi connectivity index (χ0v) is 23.4. The minimum absolute atomic E-state index is 0.0605. The summed E-state index contributed by atoms with van der Waals surface area (Å²) in [6.45, 7) is 5.22. The maximum atomic E-state index is 13.5. The Kier molecular flexibility index (Phi) is 10.2. The number of aryl methyl sites for hydroxylation is 1. The van der Waals surface area contributed by atoms with Crippen molar-refractivity contribution >= 4 is 66.7 Å². The zero-order valence-electron chi connectivity index (χ0n) is 19.4. The van der Waals surface area contributed by atoms with Crippen molar-refractivity contribution < 1.29 is 18.0 Å². The van der Waals surface area contributed by atoms with E-state index in [1.807, 2.05) is 13.8 Å². The summed E-state index contributed by atoms with van der Waals surface area (Å²) in [6, 6.07) is 9.07. The molecule has 2 amide bonds. The number of hydrogen-bond donors (Lipinski definition) is 1. The molecule has 0 spiro atoms. The normalized spacial score (nSPS) is 12.2. The Morgan fingerprint density at radius 1 is 1.15 bits per heavy atom. The van der Waals surface area contributed by atoms with E-state index in [4.69, 9.17) is 23.2 Å². The number of nitrogens with one attached hydrogen (secondary N) is 1. The van der Waals surface area contributed by atoms with E-state index < -0.39 is 28.5 Å². The molecule has 1 N–H and O–H groups in total. The van der Waals surface area contributed by atoms with E-state index in [2.05, 4.69) is 21.2 Å². The molecule has 186 valence electrons. The Balaban J connectivity index is 2.45. The fraction of sp³-hybridized carbons (Fsp3) is 0.391. The highest BCUT2D eigenvalue weighted by molar-refractivity contribution is 9.10. The average Bonchev–Trinajstić information content (AvgIpc) is 2.76. The van der Waals surface area contributed by atoms with Crippen LogP contribution in [0.3, 0.4) is 0 Å². The van der Waals surface area contributed by atoms with E-state index in [1.54, 1.807) is 43.3 Å². The molecule has 0 unspecified atom stereocenters. The topological polar surface area (TPSA) is 86.8 Å². The predicted octanol–water partition coefficient (Wildman–Crippen LogP) is 4.77. The Bertz CT molecular complexity index is 1140. The second-order valence-electron chi connectivity index (χ2n) is 7.89. The van der Waals surface area contributed by atoms with Gasteiger partial charge in [0.15, 0.2) is 0 Å². The minimum atomic E-state index is -3.81. The lowest BCUT2D eigenvalue weighted by atomic mass is 10.1. The van der Waals surface area contributed by atoms with Crippen LogP contribution in [0.4, 0.5) is 5.69 Å². The molecule has 0 saturated heterocycles. The zero-order chi connectivity index (χ0) is 25.6. The number of halogens is 3. The molecular formula is C23H28BrCl2N3O4S. The van der Waals surface area contributed by atoms with Crippen molar-refractivity contribution in [1.29, 1.82) is 0 Å². The van der Waals surface area contributed by atoms with Crippen LogP contribution in [-0.4, -0.2) is 50.5 Å². The van der Waals surface area contributed by atoms with Crippen molar-refractivity contribution in [3.05, 3.63) is 62.0 Å². The van der Waals surface area contributed by atoms with Crippen molar-refractivity contribution in [3.8, 4) is 0 Å². The first-order valence-electron chi connectivity index (χ1n) is 10.6. The molecule has 2 aromatic carbocycles. The first kappa shape index (κ1) is 28.4. The molecule has 0 radical (unpaired) electrons. The average molecular weight is 593 g/mol. The molecule has 0 heterocycles. The Morgan fingerprint density at radius 3 is 2.29 bits per heavy atom. The molecule has 0 aromatic heterocycles. The SMILES string of the molecule is CCCNC(=O)[C@@H](C)N(Cc1c(Cl)cccc1Cl)C(=O)CN(c1ccc(Br)c(C)c1)S(C)(=O)=O. The second kappa shape index (κ2) is 12.2. The third-order valence-corrected chi connectivity index (χ3v) is 7.95. The number of amides is 2. The van der Waals surface area contributed by atoms with Crippen LogP contribution in [0.5, 0.6) is 0 Å². The van der Waals surface area contributed by atoms with Gasteiger partial charge in [0.05, 0.1) is 11.9 Å². The number of anilines is 1. The maximum Gasteiger partial charge on any atom is 0.244 e. The summed E-state index contributed by atoms with van der Waals surface area (Å²) in [5.41, 5.74) is 1.63. The third-order valence-electron chi connectivity index (χ3n) is 5.22. The summed E-state index contributed by atoms with van der Waals surface area (Å²) in [4.78, 5) is 27.5. The molecule has 0 aliphatic heterocycles. The highest BCUT2D eigenvalue weighted by atomic mass is 79.9. The quantitative estimate of drug-likeness (QED) is 0.430. The van der Waals surface area contributed by atoms with Crippen molar-refractivity contribution in [2.24, 2.45) is 0 Å². The van der Waals surface area contributed by atoms with Gasteiger partial charge in [0, 0.05) is 33.2 Å². The number of carbonyl (C=O) groups is 2. The van der Waals surface area contributed by atoms with Gasteiger partial charge in [-0.1, -0.05) is 52.1 Å². The van der Waals surface area contributed by atoms with Gasteiger partial charge in [0.25, 0.3) is 0 Å². The van der Waals surface area contributed by atoms with E-state index in [-0.39, 0.29) is 12.5 Å². The molecule has 2 rings (SSSR count). The number of benzene rings is 2. The van der Waals surface area contributed by atoms with Crippen LogP contribution in [0.2, 0.25) is 10.0 Å². The molecule has 0 bridgehead atoms. The van der Waals surface area contributed by atoms with Gasteiger partial charge in [-0.2, -0.15) is 0 Å². The van der Waals surface area contributed by atoms with Crippen molar-refractivity contribution in [2.75, 3.05) is 23.7 Å². The maximum absolute atomic E-state index is 13.5. The predicted molar refractivity (Wildman–Crippen MR) is 141 cm³/mol. The van der Waals surface area contributed by atoms with Crippen molar-refractivity contribution in [1.82, 2.24) is 10.2 Å². The molecule has 0 aliphatic rings. The highest BCUT2D eigenvalue weighted by Crippen LogP contribution is 2.28. The number of hydrogen-bond acceptors (Lipinski definition) is 4. The molecule has 11 heteroatoms. The molecule has 0 saturated carbocycles. The Hall–Kier alpha value is -1.81. The molecule has 7 nitrogen and oxygen atoms in total. The monoisotopic (exact) mass is 591 g/mol. The van der Waals surface area contributed by atoms with E-state index >= 15 is 0 Å². The lowest BCUT2D eigenvalue weighted by molar-refractivity contribution is -0.139. The lowest BCUT2D eigenvalue weighted by Crippen LogP contribution is -2.51. The van der Waals surface area contributed by atoms with Crippen LogP contribution in [0.25, 0.3) is 0 Å². The third kappa shape index (κ3) is 7.34. The first-order chi connectivity index (χ1) is 15.9. The van der Waals surface area contributed by atoms with Gasteiger partial charge in [-0.05, 0) is 56.2 Å². The van der Waals surface area contributed by atoms with Gasteiger partial charge in [0.2, 0.25) is 21.8 Å². The number of rotatable bonds is 10. The van der Waals surface area contributed by atoms with E-state index in [1.165, 1.54) is 4.90 Å². The van der Waals surface area contributed by atoms with E-state index in [9.17, 15) is 18.0 Å². The molecule has 34 heavy (non-hydrogen) atoms. The van der Waals surface area contributed by atoms with Crippen molar-refractivity contribution in [3.63, 3.8) is 0 Å². The van der Waals surface area contributed by atoms with Crippen LogP contribution in [0.1, 0.15) is 31.4 Å². The summed E-state index contributed by atoms with van der Waals surface area (Å²) >= 11 is 16.0. The standard InChI is InChI=1S/C23H28BrCl2N3O4S/c1-5-11-27-23(31)16(3)28(13-18-20(25)7-6-8-21(18)26)22(30)14-29(34(4,32)33)17-9-10-19(24)15(2)12-17/h6-10,12,16H,5,11,13-14H2,1-4H3,(H,27,31)/t16-/m1/s1. The fourth-order valence-corrected chi connectivity index (χ4v) is 4.84. The summed E-state index contributed by atoms with van der Waals surface area (Å²) in [5.74, 6) is -0.926. The smallest absolute Gasteiger partial charge is 0.244 e. The molecule has 0 aliphatic carbocycles. The van der Waals surface area contributed by atoms with Crippen LogP contribution >= 0.6 is 39.1 Å². The van der Waals surface area contributed by atoms with Gasteiger partial charge in [-0.25, -0.2) is 8.42 Å². The summed E-state index contributed by atoms with van der Waals surface area (Å²) in [6.07, 6.45) is 1.76.